The zero-order chi connectivity index (χ0) is 14.8. The van der Waals surface area contributed by atoms with Gasteiger partial charge in [-0.1, -0.05) is 43.3 Å². The Morgan fingerprint density at radius 1 is 1.10 bits per heavy atom. The first kappa shape index (κ1) is 13.8. The average molecular weight is 298 g/mol. The molecule has 1 aromatic heterocycles. The summed E-state index contributed by atoms with van der Waals surface area (Å²) in [5, 5.41) is 0. The standard InChI is InChI=1S/C17H15FN2S/c1-2-12-7-9-13(10-8-12)15-11-20(17(21)19-15)16-6-4-3-5-14(16)18/h3-11H,2H2,1H3,(H,19,21). The van der Waals surface area contributed by atoms with E-state index in [1.165, 1.54) is 11.6 Å². The van der Waals surface area contributed by atoms with Crippen molar-refractivity contribution < 1.29 is 4.39 Å². The van der Waals surface area contributed by atoms with Crippen molar-refractivity contribution in [2.24, 2.45) is 0 Å². The Balaban J connectivity index is 2.05. The van der Waals surface area contributed by atoms with Crippen molar-refractivity contribution in [3.05, 3.63) is 70.9 Å². The van der Waals surface area contributed by atoms with E-state index < -0.39 is 0 Å². The van der Waals surface area contributed by atoms with Gasteiger partial charge in [-0.15, -0.1) is 0 Å². The van der Waals surface area contributed by atoms with Gasteiger partial charge < -0.3 is 4.98 Å². The molecular weight excluding hydrogens is 283 g/mol. The van der Waals surface area contributed by atoms with E-state index >= 15 is 0 Å². The van der Waals surface area contributed by atoms with Gasteiger partial charge in [-0.05, 0) is 41.9 Å². The number of aryl methyl sites for hydroxylation is 1. The molecule has 3 aromatic rings. The lowest BCUT2D eigenvalue weighted by Crippen LogP contribution is -1.95. The summed E-state index contributed by atoms with van der Waals surface area (Å²) in [4.78, 5) is 3.14. The van der Waals surface area contributed by atoms with Crippen LogP contribution < -0.4 is 0 Å². The molecule has 2 nitrogen and oxygen atoms in total. The van der Waals surface area contributed by atoms with Crippen LogP contribution in [0.3, 0.4) is 0 Å². The van der Waals surface area contributed by atoms with Gasteiger partial charge in [-0.2, -0.15) is 0 Å². The van der Waals surface area contributed by atoms with Crippen molar-refractivity contribution in [2.45, 2.75) is 13.3 Å². The van der Waals surface area contributed by atoms with Gasteiger partial charge >= 0.3 is 0 Å². The molecule has 0 radical (unpaired) electrons. The second-order valence-corrected chi connectivity index (χ2v) is 5.23. The fourth-order valence-electron chi connectivity index (χ4n) is 2.29. The molecule has 0 saturated heterocycles. The van der Waals surface area contributed by atoms with Crippen LogP contribution in [-0.2, 0) is 6.42 Å². The summed E-state index contributed by atoms with van der Waals surface area (Å²) in [6.45, 7) is 2.12. The van der Waals surface area contributed by atoms with Crippen LogP contribution in [0.5, 0.6) is 0 Å². The number of aromatic amines is 1. The van der Waals surface area contributed by atoms with E-state index in [0.717, 1.165) is 17.7 Å². The molecule has 0 saturated carbocycles. The predicted octanol–water partition coefficient (Wildman–Crippen LogP) is 4.90. The smallest absolute Gasteiger partial charge is 0.182 e. The first-order chi connectivity index (χ1) is 10.2. The Bertz CT molecular complexity index is 815. The van der Waals surface area contributed by atoms with Crippen LogP contribution >= 0.6 is 12.2 Å². The number of rotatable bonds is 3. The summed E-state index contributed by atoms with van der Waals surface area (Å²) in [6.07, 6.45) is 2.84. The maximum Gasteiger partial charge on any atom is 0.182 e. The first-order valence-electron chi connectivity index (χ1n) is 6.85. The number of hydrogen-bond donors (Lipinski definition) is 1. The number of nitrogens with zero attached hydrogens (tertiary/aromatic N) is 1. The highest BCUT2D eigenvalue weighted by atomic mass is 32.1. The van der Waals surface area contributed by atoms with E-state index in [2.05, 4.69) is 24.0 Å². The van der Waals surface area contributed by atoms with Crippen LogP contribution in [0.2, 0.25) is 0 Å². The van der Waals surface area contributed by atoms with Gasteiger partial charge in [0.05, 0.1) is 11.4 Å². The average Bonchev–Trinajstić information content (AvgIpc) is 2.90. The highest BCUT2D eigenvalue weighted by Gasteiger charge is 2.08. The van der Waals surface area contributed by atoms with E-state index in [-0.39, 0.29) is 5.82 Å². The molecule has 21 heavy (non-hydrogen) atoms. The van der Waals surface area contributed by atoms with Crippen molar-refractivity contribution in [3.63, 3.8) is 0 Å². The van der Waals surface area contributed by atoms with Gasteiger partial charge in [0.1, 0.15) is 5.82 Å². The van der Waals surface area contributed by atoms with Crippen molar-refractivity contribution >= 4 is 12.2 Å². The topological polar surface area (TPSA) is 20.7 Å². The summed E-state index contributed by atoms with van der Waals surface area (Å²) in [5.74, 6) is -0.291. The van der Waals surface area contributed by atoms with E-state index in [9.17, 15) is 4.39 Å². The predicted molar refractivity (Wildman–Crippen MR) is 85.7 cm³/mol. The van der Waals surface area contributed by atoms with E-state index in [1.807, 2.05) is 18.3 Å². The van der Waals surface area contributed by atoms with Crippen LogP contribution in [0.1, 0.15) is 12.5 Å². The fourth-order valence-corrected chi connectivity index (χ4v) is 2.55. The number of halogens is 1. The number of benzene rings is 2. The van der Waals surface area contributed by atoms with Crippen molar-refractivity contribution in [3.8, 4) is 16.9 Å². The second kappa shape index (κ2) is 5.66. The second-order valence-electron chi connectivity index (χ2n) is 4.84. The molecule has 0 aliphatic carbocycles. The van der Waals surface area contributed by atoms with Crippen LogP contribution in [0.25, 0.3) is 16.9 Å². The van der Waals surface area contributed by atoms with Gasteiger partial charge in [0, 0.05) is 6.20 Å². The molecule has 0 atom stereocenters. The lowest BCUT2D eigenvalue weighted by atomic mass is 10.1. The lowest BCUT2D eigenvalue weighted by Gasteiger charge is -2.03. The number of nitrogens with one attached hydrogen (secondary N) is 1. The van der Waals surface area contributed by atoms with Crippen LogP contribution in [0.4, 0.5) is 4.39 Å². The molecule has 0 fully saturated rings. The van der Waals surface area contributed by atoms with Gasteiger partial charge in [0.25, 0.3) is 0 Å². The Morgan fingerprint density at radius 2 is 1.81 bits per heavy atom. The van der Waals surface area contributed by atoms with Gasteiger partial charge in [0.15, 0.2) is 4.77 Å². The highest BCUT2D eigenvalue weighted by Crippen LogP contribution is 2.22. The molecule has 0 bridgehead atoms. The van der Waals surface area contributed by atoms with Gasteiger partial charge in [0.2, 0.25) is 0 Å². The molecule has 0 unspecified atom stereocenters. The molecule has 2 aromatic carbocycles. The minimum atomic E-state index is -0.291. The highest BCUT2D eigenvalue weighted by molar-refractivity contribution is 7.71. The van der Waals surface area contributed by atoms with Crippen molar-refractivity contribution in [2.75, 3.05) is 0 Å². The zero-order valence-corrected chi connectivity index (χ0v) is 12.5. The molecule has 4 heteroatoms. The molecule has 106 valence electrons. The molecular formula is C17H15FN2S. The summed E-state index contributed by atoms with van der Waals surface area (Å²) >= 11 is 5.30. The van der Waals surface area contributed by atoms with Crippen LogP contribution in [0, 0.1) is 10.6 Å². The molecule has 3 rings (SSSR count). The summed E-state index contributed by atoms with van der Waals surface area (Å²) in [6, 6.07) is 14.9. The zero-order valence-electron chi connectivity index (χ0n) is 11.6. The third-order valence-electron chi connectivity index (χ3n) is 3.50. The molecule has 0 aliphatic heterocycles. The largest absolute Gasteiger partial charge is 0.330 e. The number of H-pyrrole nitrogens is 1. The maximum absolute atomic E-state index is 13.9. The SMILES string of the molecule is CCc1ccc(-c2cn(-c3ccccc3F)c(=S)[nH]2)cc1. The molecule has 0 amide bonds. The van der Waals surface area contributed by atoms with Gasteiger partial charge in [-0.25, -0.2) is 4.39 Å². The molecule has 0 aliphatic rings. The minimum Gasteiger partial charge on any atom is -0.330 e. The normalized spacial score (nSPS) is 10.8. The van der Waals surface area contributed by atoms with Crippen molar-refractivity contribution in [1.82, 2.24) is 9.55 Å². The Labute approximate surface area is 127 Å². The molecule has 1 N–H and O–H groups in total. The summed E-state index contributed by atoms with van der Waals surface area (Å²) in [5.41, 5.74) is 3.65. The van der Waals surface area contributed by atoms with Gasteiger partial charge in [-0.3, -0.25) is 4.57 Å². The summed E-state index contributed by atoms with van der Waals surface area (Å²) in [7, 11) is 0. The van der Waals surface area contributed by atoms with Crippen molar-refractivity contribution in [1.29, 1.82) is 0 Å². The monoisotopic (exact) mass is 298 g/mol. The number of para-hydroxylation sites is 1. The Morgan fingerprint density at radius 3 is 2.48 bits per heavy atom. The van der Waals surface area contributed by atoms with Crippen LogP contribution in [-0.4, -0.2) is 9.55 Å². The Kier molecular flexibility index (Phi) is 3.71. The first-order valence-corrected chi connectivity index (χ1v) is 7.25. The number of hydrogen-bond acceptors (Lipinski definition) is 1. The number of aromatic nitrogens is 2. The molecule has 1 heterocycles. The summed E-state index contributed by atoms with van der Waals surface area (Å²) < 4.78 is 16.0. The van der Waals surface area contributed by atoms with E-state index in [4.69, 9.17) is 12.2 Å². The minimum absolute atomic E-state index is 0.291. The van der Waals surface area contributed by atoms with E-state index in [0.29, 0.717) is 10.5 Å². The third kappa shape index (κ3) is 2.67. The lowest BCUT2D eigenvalue weighted by molar-refractivity contribution is 0.617. The van der Waals surface area contributed by atoms with E-state index in [1.54, 1.807) is 22.8 Å². The maximum atomic E-state index is 13.9. The Hall–Kier alpha value is -2.20. The molecule has 0 spiro atoms. The quantitative estimate of drug-likeness (QED) is 0.682. The third-order valence-corrected chi connectivity index (χ3v) is 3.80. The fraction of sp³-hybridized carbons (Fsp3) is 0.118. The number of imidazole rings is 1. The van der Waals surface area contributed by atoms with Crippen LogP contribution in [0.15, 0.2) is 54.7 Å².